The number of carbonyl (C=O) groups excluding carboxylic acids is 2. The standard InChI is InChI=1S/C73H139NO10/c1-4-7-10-13-16-19-22-25-27-29-31-32-33-34-35-36-37-39-41-43-46-49-52-55-58-61-68(78)84-71-70(80)69(79)67(62-75)83-73(71)82-63-64(65(76)59-56-53-50-47-44-24-21-18-15-12-9-6-3)74-72(81)66(77)60-57-54-51-48-45-42-40-38-30-28-26-23-20-17-14-11-8-5-2/h26,28,56,59,64-67,69-71,73,75-77,79-80H,4-25,27,29-55,57-58,60-63H2,1-3H3,(H,74,81)/b28-26+,59-56+. The van der Waals surface area contributed by atoms with E-state index in [1.54, 1.807) is 6.08 Å². The van der Waals surface area contributed by atoms with Gasteiger partial charge in [0.25, 0.3) is 0 Å². The number of ether oxygens (including phenoxy) is 3. The molecule has 8 unspecified atom stereocenters. The first-order valence-corrected chi connectivity index (χ1v) is 36.6. The molecule has 496 valence electrons. The highest BCUT2D eigenvalue weighted by Crippen LogP contribution is 2.27. The maximum atomic E-state index is 13.5. The summed E-state index contributed by atoms with van der Waals surface area (Å²) in [5, 5.41) is 57.2. The summed E-state index contributed by atoms with van der Waals surface area (Å²) in [4.78, 5) is 26.7. The molecule has 1 fully saturated rings. The molecule has 0 aromatic carbocycles. The maximum absolute atomic E-state index is 13.5. The molecule has 1 aliphatic rings. The first-order valence-electron chi connectivity index (χ1n) is 36.6. The minimum atomic E-state index is -1.61. The number of rotatable bonds is 64. The molecule has 1 aliphatic heterocycles. The molecule has 11 nitrogen and oxygen atoms in total. The summed E-state index contributed by atoms with van der Waals surface area (Å²) in [6, 6.07) is -1.02. The average Bonchev–Trinajstić information content (AvgIpc) is 3.67. The van der Waals surface area contributed by atoms with Crippen LogP contribution in [0.3, 0.4) is 0 Å². The third kappa shape index (κ3) is 48.1. The third-order valence-corrected chi connectivity index (χ3v) is 17.6. The van der Waals surface area contributed by atoms with Crippen molar-refractivity contribution < 1.29 is 49.3 Å². The van der Waals surface area contributed by atoms with Gasteiger partial charge in [-0.2, -0.15) is 0 Å². The SMILES string of the molecule is CCCCCCCC/C=C/CCCCCCCCCCC(O)C(=O)NC(COC1OC(CO)C(O)C(O)C1OC(=O)CCCCCCCCCCCCCCCCCCCCCCCCCCC)C(O)/C=C/CCCCCCCCCCCC. The number of hydrogen-bond donors (Lipinski definition) is 6. The number of unbranched alkanes of at least 4 members (excludes halogenated alkanes) is 48. The summed E-state index contributed by atoms with van der Waals surface area (Å²) < 4.78 is 17.7. The van der Waals surface area contributed by atoms with Gasteiger partial charge in [0.05, 0.1) is 25.4 Å². The number of hydrogen-bond acceptors (Lipinski definition) is 10. The van der Waals surface area contributed by atoms with Crippen molar-refractivity contribution in [2.75, 3.05) is 13.2 Å². The zero-order chi connectivity index (χ0) is 61.0. The van der Waals surface area contributed by atoms with E-state index in [4.69, 9.17) is 14.2 Å². The van der Waals surface area contributed by atoms with E-state index < -0.39 is 67.4 Å². The fraction of sp³-hybridized carbons (Fsp3) is 0.918. The van der Waals surface area contributed by atoms with E-state index in [9.17, 15) is 35.1 Å². The Labute approximate surface area is 518 Å². The van der Waals surface area contributed by atoms with Crippen LogP contribution in [0.25, 0.3) is 0 Å². The maximum Gasteiger partial charge on any atom is 0.306 e. The predicted octanol–water partition coefficient (Wildman–Crippen LogP) is 18.8. The van der Waals surface area contributed by atoms with Crippen LogP contribution in [0.5, 0.6) is 0 Å². The highest BCUT2D eigenvalue weighted by Gasteiger charge is 2.47. The Morgan fingerprint density at radius 1 is 0.452 bits per heavy atom. The zero-order valence-electron chi connectivity index (χ0n) is 55.3. The minimum Gasteiger partial charge on any atom is -0.454 e. The molecule has 0 bridgehead atoms. The number of esters is 1. The van der Waals surface area contributed by atoms with Gasteiger partial charge in [0, 0.05) is 6.42 Å². The van der Waals surface area contributed by atoms with E-state index in [2.05, 4.69) is 38.2 Å². The van der Waals surface area contributed by atoms with Gasteiger partial charge in [-0.25, -0.2) is 0 Å². The second kappa shape index (κ2) is 61.4. The van der Waals surface area contributed by atoms with E-state index in [1.165, 1.54) is 257 Å². The number of amides is 1. The number of aliphatic hydroxyl groups excluding tert-OH is 5. The van der Waals surface area contributed by atoms with Crippen LogP contribution < -0.4 is 5.32 Å². The molecule has 84 heavy (non-hydrogen) atoms. The Bertz CT molecular complexity index is 1460. The van der Waals surface area contributed by atoms with Gasteiger partial charge in [0.1, 0.15) is 24.4 Å². The van der Waals surface area contributed by atoms with Gasteiger partial charge in [0.2, 0.25) is 5.91 Å². The van der Waals surface area contributed by atoms with Crippen molar-refractivity contribution in [1.29, 1.82) is 0 Å². The van der Waals surface area contributed by atoms with Gasteiger partial charge in [-0.05, 0) is 51.4 Å². The Morgan fingerprint density at radius 2 is 0.786 bits per heavy atom. The van der Waals surface area contributed by atoms with Crippen molar-refractivity contribution in [3.63, 3.8) is 0 Å². The summed E-state index contributed by atoms with van der Waals surface area (Å²) in [6.45, 7) is 5.85. The molecule has 8 atom stereocenters. The first-order chi connectivity index (χ1) is 41.2. The summed E-state index contributed by atoms with van der Waals surface area (Å²) in [6.07, 6.45) is 63.7. The van der Waals surface area contributed by atoms with Crippen LogP contribution >= 0.6 is 0 Å². The Kier molecular flexibility index (Phi) is 58.6. The van der Waals surface area contributed by atoms with Crippen molar-refractivity contribution in [3.8, 4) is 0 Å². The normalized spacial score (nSPS) is 18.5. The number of allylic oxidation sites excluding steroid dienone is 3. The predicted molar refractivity (Wildman–Crippen MR) is 352 cm³/mol. The van der Waals surface area contributed by atoms with E-state index >= 15 is 0 Å². The molecule has 1 rings (SSSR count). The monoisotopic (exact) mass is 1190 g/mol. The molecule has 0 aromatic rings. The zero-order valence-corrected chi connectivity index (χ0v) is 55.3. The summed E-state index contributed by atoms with van der Waals surface area (Å²) in [5.74, 6) is -1.18. The third-order valence-electron chi connectivity index (χ3n) is 17.6. The molecule has 0 spiro atoms. The van der Waals surface area contributed by atoms with Gasteiger partial charge in [-0.1, -0.05) is 334 Å². The highest BCUT2D eigenvalue weighted by molar-refractivity contribution is 5.80. The fourth-order valence-electron chi connectivity index (χ4n) is 11.8. The molecule has 1 amide bonds. The van der Waals surface area contributed by atoms with Crippen molar-refractivity contribution >= 4 is 11.9 Å². The number of aliphatic hydroxyl groups is 5. The average molecular weight is 1190 g/mol. The van der Waals surface area contributed by atoms with Gasteiger partial charge < -0.3 is 45.1 Å². The van der Waals surface area contributed by atoms with Gasteiger partial charge >= 0.3 is 5.97 Å². The minimum absolute atomic E-state index is 0.130. The number of carbonyl (C=O) groups is 2. The Balaban J connectivity index is 2.53. The smallest absolute Gasteiger partial charge is 0.306 e. The summed E-state index contributed by atoms with van der Waals surface area (Å²) in [5.41, 5.74) is 0. The topological polar surface area (TPSA) is 175 Å². The lowest BCUT2D eigenvalue weighted by Crippen LogP contribution is -2.61. The van der Waals surface area contributed by atoms with Gasteiger partial charge in [0.15, 0.2) is 12.4 Å². The van der Waals surface area contributed by atoms with Crippen LogP contribution in [0.4, 0.5) is 0 Å². The van der Waals surface area contributed by atoms with Crippen LogP contribution in [0, 0.1) is 0 Å². The quantitative estimate of drug-likeness (QED) is 0.0195. The summed E-state index contributed by atoms with van der Waals surface area (Å²) >= 11 is 0. The first kappa shape index (κ1) is 80.2. The Morgan fingerprint density at radius 3 is 1.15 bits per heavy atom. The van der Waals surface area contributed by atoms with Crippen LogP contribution in [0.1, 0.15) is 367 Å². The summed E-state index contributed by atoms with van der Waals surface area (Å²) in [7, 11) is 0. The van der Waals surface area contributed by atoms with Crippen LogP contribution in [0.2, 0.25) is 0 Å². The van der Waals surface area contributed by atoms with E-state index in [1.807, 2.05) is 6.08 Å². The fourth-order valence-corrected chi connectivity index (χ4v) is 11.8. The molecule has 6 N–H and O–H groups in total. The van der Waals surface area contributed by atoms with E-state index in [-0.39, 0.29) is 13.0 Å². The van der Waals surface area contributed by atoms with E-state index in [0.29, 0.717) is 19.3 Å². The largest absolute Gasteiger partial charge is 0.454 e. The molecular formula is C73H139NO10. The molecule has 0 aliphatic carbocycles. The van der Waals surface area contributed by atoms with Crippen LogP contribution in [0.15, 0.2) is 24.3 Å². The number of nitrogens with one attached hydrogen (secondary N) is 1. The lowest BCUT2D eigenvalue weighted by Gasteiger charge is -2.41. The molecule has 1 heterocycles. The highest BCUT2D eigenvalue weighted by atomic mass is 16.7. The van der Waals surface area contributed by atoms with Crippen LogP contribution in [-0.4, -0.2) is 99.6 Å². The second-order valence-corrected chi connectivity index (χ2v) is 25.7. The molecular weight excluding hydrogens is 1050 g/mol. The van der Waals surface area contributed by atoms with Crippen molar-refractivity contribution in [1.82, 2.24) is 5.32 Å². The van der Waals surface area contributed by atoms with Crippen molar-refractivity contribution in [2.24, 2.45) is 0 Å². The molecule has 1 saturated heterocycles. The molecule has 0 saturated carbocycles. The van der Waals surface area contributed by atoms with Gasteiger partial charge in [-0.15, -0.1) is 0 Å². The van der Waals surface area contributed by atoms with Gasteiger partial charge in [-0.3, -0.25) is 9.59 Å². The second-order valence-electron chi connectivity index (χ2n) is 25.7. The van der Waals surface area contributed by atoms with Crippen molar-refractivity contribution in [3.05, 3.63) is 24.3 Å². The molecule has 0 aromatic heterocycles. The lowest BCUT2D eigenvalue weighted by molar-refractivity contribution is -0.305. The lowest BCUT2D eigenvalue weighted by atomic mass is 9.99. The van der Waals surface area contributed by atoms with E-state index in [0.717, 1.165) is 64.2 Å². The molecule has 0 radical (unpaired) electrons. The molecule has 11 heteroatoms. The van der Waals surface area contributed by atoms with Crippen LogP contribution in [-0.2, 0) is 23.8 Å². The van der Waals surface area contributed by atoms with Crippen molar-refractivity contribution in [2.45, 2.75) is 416 Å². The Hall–Kier alpha value is -1.86.